The van der Waals surface area contributed by atoms with Gasteiger partial charge in [0.15, 0.2) is 5.78 Å². The number of amides is 1. The molecule has 3 N–H and O–H groups in total. The maximum atomic E-state index is 12.0. The first kappa shape index (κ1) is 20.2. The Balaban J connectivity index is 2.08. The van der Waals surface area contributed by atoms with Crippen LogP contribution in [0.25, 0.3) is 0 Å². The Morgan fingerprint density at radius 1 is 1.19 bits per heavy atom. The smallest absolute Gasteiger partial charge is 0.408 e. The number of phenols is 1. The number of carbonyl (C=O) groups excluding carboxylic acids is 2. The number of aryl methyl sites for hydroxylation is 1. The van der Waals surface area contributed by atoms with Crippen molar-refractivity contribution in [3.05, 3.63) is 28.8 Å². The Morgan fingerprint density at radius 2 is 1.85 bits per heavy atom. The molecule has 1 aromatic rings. The van der Waals surface area contributed by atoms with E-state index >= 15 is 0 Å². The van der Waals surface area contributed by atoms with Crippen molar-refractivity contribution in [3.63, 3.8) is 0 Å². The van der Waals surface area contributed by atoms with Gasteiger partial charge in [0.25, 0.3) is 0 Å². The average Bonchev–Trinajstić information content (AvgIpc) is 2.58. The number of alkyl carbamates (subject to hydrolysis) is 1. The van der Waals surface area contributed by atoms with E-state index in [1.54, 1.807) is 26.8 Å². The van der Waals surface area contributed by atoms with Crippen LogP contribution < -0.4 is 5.32 Å². The summed E-state index contributed by atoms with van der Waals surface area (Å²) in [6.45, 7) is 4.61. The number of aliphatic hydroxyl groups is 1. The predicted molar refractivity (Wildman–Crippen MR) is 98.3 cm³/mol. The largest absolute Gasteiger partial charge is 0.508 e. The van der Waals surface area contributed by atoms with E-state index in [9.17, 15) is 19.8 Å². The van der Waals surface area contributed by atoms with E-state index in [-0.39, 0.29) is 0 Å². The van der Waals surface area contributed by atoms with Gasteiger partial charge < -0.3 is 20.3 Å². The number of fused-ring (bicyclic) bond motifs is 1. The summed E-state index contributed by atoms with van der Waals surface area (Å²) in [5.74, 6) is -0.109. The molecule has 1 aliphatic carbocycles. The van der Waals surface area contributed by atoms with Gasteiger partial charge in [-0.15, -0.1) is 0 Å². The van der Waals surface area contributed by atoms with Crippen LogP contribution in [0.4, 0.5) is 4.79 Å². The Bertz CT molecular complexity index is 663. The molecule has 0 fully saturated rings. The van der Waals surface area contributed by atoms with Gasteiger partial charge in [0.2, 0.25) is 0 Å². The summed E-state index contributed by atoms with van der Waals surface area (Å²) in [6.07, 6.45) is 4.21. The predicted octanol–water partition coefficient (Wildman–Crippen LogP) is 2.66. The van der Waals surface area contributed by atoms with Gasteiger partial charge in [-0.2, -0.15) is 0 Å². The van der Waals surface area contributed by atoms with Crippen molar-refractivity contribution in [2.24, 2.45) is 0 Å². The summed E-state index contributed by atoms with van der Waals surface area (Å²) in [7, 11) is 0. The number of phenolic OH excluding ortho intramolecular Hbond substituents is 1. The number of carbonyl (C=O) groups is 2. The normalized spacial score (nSPS) is 15.1. The van der Waals surface area contributed by atoms with Crippen molar-refractivity contribution in [1.82, 2.24) is 5.32 Å². The zero-order valence-corrected chi connectivity index (χ0v) is 15.8. The van der Waals surface area contributed by atoms with Gasteiger partial charge in [-0.25, -0.2) is 4.79 Å². The lowest BCUT2D eigenvalue weighted by Gasteiger charge is -2.24. The molecule has 0 spiro atoms. The number of ether oxygens (including phenoxy) is 1. The van der Waals surface area contributed by atoms with Gasteiger partial charge in [0, 0.05) is 0 Å². The first-order valence-electron chi connectivity index (χ1n) is 9.17. The van der Waals surface area contributed by atoms with Crippen LogP contribution in [-0.2, 0) is 28.8 Å². The van der Waals surface area contributed by atoms with Crippen LogP contribution in [0.5, 0.6) is 5.75 Å². The molecule has 1 aromatic carbocycles. The van der Waals surface area contributed by atoms with E-state index in [4.69, 9.17) is 4.74 Å². The Labute approximate surface area is 154 Å². The minimum Gasteiger partial charge on any atom is -0.508 e. The summed E-state index contributed by atoms with van der Waals surface area (Å²) in [5, 5.41) is 21.8. The number of hydrogen-bond donors (Lipinski definition) is 3. The number of Topliss-reactive ketones (excluding diaryl/α,β-unsaturated/α-hetero) is 1. The average molecular weight is 363 g/mol. The molecule has 1 amide bonds. The fourth-order valence-electron chi connectivity index (χ4n) is 3.33. The molecule has 0 aromatic heterocycles. The number of rotatable bonds is 6. The first-order chi connectivity index (χ1) is 12.2. The van der Waals surface area contributed by atoms with E-state index in [1.807, 2.05) is 6.07 Å². The van der Waals surface area contributed by atoms with Crippen molar-refractivity contribution >= 4 is 11.9 Å². The summed E-state index contributed by atoms with van der Waals surface area (Å²) >= 11 is 0. The lowest BCUT2D eigenvalue weighted by molar-refractivity contribution is -0.124. The fraction of sp³-hybridized carbons (Fsp3) is 0.600. The molecular weight excluding hydrogens is 334 g/mol. The molecule has 0 bridgehead atoms. The molecule has 26 heavy (non-hydrogen) atoms. The molecule has 1 aliphatic rings. The van der Waals surface area contributed by atoms with Crippen LogP contribution in [0.2, 0.25) is 0 Å². The lowest BCUT2D eigenvalue weighted by atomic mass is 9.85. The van der Waals surface area contributed by atoms with Gasteiger partial charge in [0.05, 0.1) is 6.04 Å². The summed E-state index contributed by atoms with van der Waals surface area (Å²) < 4.78 is 5.20. The molecule has 2 rings (SSSR count). The summed E-state index contributed by atoms with van der Waals surface area (Å²) in [4.78, 5) is 24.0. The molecule has 0 unspecified atom stereocenters. The SMILES string of the molecule is CC(C)(C)OC(=O)N[C@@H](CCc1ccc(O)c2c1CCCC2)C(=O)CO. The van der Waals surface area contributed by atoms with Gasteiger partial charge in [-0.3, -0.25) is 4.79 Å². The number of hydrogen-bond acceptors (Lipinski definition) is 5. The number of nitrogens with one attached hydrogen (secondary N) is 1. The zero-order chi connectivity index (χ0) is 19.3. The highest BCUT2D eigenvalue weighted by atomic mass is 16.6. The summed E-state index contributed by atoms with van der Waals surface area (Å²) in [5.41, 5.74) is 2.58. The van der Waals surface area contributed by atoms with Gasteiger partial charge in [0.1, 0.15) is 18.0 Å². The highest BCUT2D eigenvalue weighted by Gasteiger charge is 2.24. The topological polar surface area (TPSA) is 95.9 Å². The molecule has 0 saturated heterocycles. The van der Waals surface area contributed by atoms with Crippen LogP contribution in [0.1, 0.15) is 56.7 Å². The van der Waals surface area contributed by atoms with Crippen LogP contribution >= 0.6 is 0 Å². The van der Waals surface area contributed by atoms with Crippen molar-refractivity contribution in [1.29, 1.82) is 0 Å². The molecule has 6 heteroatoms. The second-order valence-corrected chi connectivity index (χ2v) is 7.77. The molecular formula is C20H29NO5. The second-order valence-electron chi connectivity index (χ2n) is 7.77. The van der Waals surface area contributed by atoms with Crippen LogP contribution in [-0.4, -0.2) is 40.3 Å². The van der Waals surface area contributed by atoms with Crippen molar-refractivity contribution in [2.45, 2.75) is 70.9 Å². The van der Waals surface area contributed by atoms with Gasteiger partial charge >= 0.3 is 6.09 Å². The highest BCUT2D eigenvalue weighted by molar-refractivity contribution is 5.88. The van der Waals surface area contributed by atoms with E-state index in [2.05, 4.69) is 5.32 Å². The van der Waals surface area contributed by atoms with E-state index in [0.717, 1.165) is 42.4 Å². The number of aliphatic hydroxyl groups excluding tert-OH is 1. The summed E-state index contributed by atoms with van der Waals surface area (Å²) in [6, 6.07) is 2.78. The molecule has 0 aliphatic heterocycles. The van der Waals surface area contributed by atoms with Crippen molar-refractivity contribution in [3.8, 4) is 5.75 Å². The molecule has 144 valence electrons. The highest BCUT2D eigenvalue weighted by Crippen LogP contribution is 2.32. The van der Waals surface area contributed by atoms with Crippen molar-refractivity contribution < 1.29 is 24.5 Å². The Morgan fingerprint density at radius 3 is 2.46 bits per heavy atom. The fourth-order valence-corrected chi connectivity index (χ4v) is 3.33. The van der Waals surface area contributed by atoms with Crippen LogP contribution in [0.15, 0.2) is 12.1 Å². The molecule has 0 heterocycles. The Kier molecular flexibility index (Phi) is 6.64. The van der Waals surface area contributed by atoms with Gasteiger partial charge in [-0.05, 0) is 82.1 Å². The third kappa shape index (κ3) is 5.46. The number of benzene rings is 1. The number of aromatic hydroxyl groups is 1. The van der Waals surface area contributed by atoms with Crippen molar-refractivity contribution in [2.75, 3.05) is 6.61 Å². The lowest BCUT2D eigenvalue weighted by Crippen LogP contribution is -2.44. The monoisotopic (exact) mass is 363 g/mol. The zero-order valence-electron chi connectivity index (χ0n) is 15.8. The maximum Gasteiger partial charge on any atom is 0.408 e. The van der Waals surface area contributed by atoms with E-state index in [0.29, 0.717) is 18.6 Å². The maximum absolute atomic E-state index is 12.0. The molecule has 0 saturated carbocycles. The van der Waals surface area contributed by atoms with E-state index < -0.39 is 30.1 Å². The number of ketones is 1. The second kappa shape index (κ2) is 8.54. The Hall–Kier alpha value is -2.08. The molecule has 0 radical (unpaired) electrons. The quantitative estimate of drug-likeness (QED) is 0.722. The minimum absolute atomic E-state index is 0.332. The molecule has 6 nitrogen and oxygen atoms in total. The first-order valence-corrected chi connectivity index (χ1v) is 9.17. The molecule has 1 atom stereocenters. The third-order valence-electron chi connectivity index (χ3n) is 4.54. The van der Waals surface area contributed by atoms with Crippen LogP contribution in [0, 0.1) is 0 Å². The standard InChI is InChI=1S/C20H29NO5/c1-20(2,3)26-19(25)21-16(18(24)12-22)10-8-13-9-11-17(23)15-7-5-4-6-14(13)15/h9,11,16,22-23H,4-8,10,12H2,1-3H3,(H,21,25)/t16-/m0/s1. The van der Waals surface area contributed by atoms with Crippen LogP contribution in [0.3, 0.4) is 0 Å². The van der Waals surface area contributed by atoms with Gasteiger partial charge in [-0.1, -0.05) is 6.07 Å². The van der Waals surface area contributed by atoms with E-state index in [1.165, 1.54) is 0 Å². The third-order valence-corrected chi connectivity index (χ3v) is 4.54. The minimum atomic E-state index is -0.803.